The minimum atomic E-state index is -0.346. The van der Waals surface area contributed by atoms with Crippen LogP contribution in [0.15, 0.2) is 52.9 Å². The molecule has 1 amide bonds. The lowest BCUT2D eigenvalue weighted by Crippen LogP contribution is -2.16. The number of carbonyl (C=O) groups excluding carboxylic acids is 2. The van der Waals surface area contributed by atoms with Gasteiger partial charge < -0.3 is 10.6 Å². The maximum absolute atomic E-state index is 13.2. The summed E-state index contributed by atoms with van der Waals surface area (Å²) in [5.41, 5.74) is 1.52. The molecule has 0 aliphatic heterocycles. The number of thioether (sulfide) groups is 1. The van der Waals surface area contributed by atoms with E-state index in [1.54, 1.807) is 36.4 Å². The smallest absolute Gasteiger partial charge is 0.234 e. The van der Waals surface area contributed by atoms with Crippen molar-refractivity contribution < 1.29 is 14.0 Å². The molecule has 27 heavy (non-hydrogen) atoms. The Hall–Kier alpha value is -2.78. The zero-order valence-corrected chi connectivity index (χ0v) is 15.9. The zero-order chi connectivity index (χ0) is 19.2. The summed E-state index contributed by atoms with van der Waals surface area (Å²) in [6, 6.07) is 12.9. The molecular weight excluding hydrogens is 387 g/mol. The molecular formula is C18H15FN4O2S2. The molecule has 0 unspecified atom stereocenters. The summed E-state index contributed by atoms with van der Waals surface area (Å²) in [6.07, 6.45) is 0. The number of nitrogens with zero attached hydrogens (tertiary/aromatic N) is 2. The molecule has 1 heterocycles. The first-order valence-electron chi connectivity index (χ1n) is 7.90. The summed E-state index contributed by atoms with van der Waals surface area (Å²) >= 11 is 2.49. The van der Waals surface area contributed by atoms with Gasteiger partial charge >= 0.3 is 0 Å². The summed E-state index contributed by atoms with van der Waals surface area (Å²) in [7, 11) is 0. The third-order valence-corrected chi connectivity index (χ3v) is 5.36. The molecule has 0 fully saturated rings. The van der Waals surface area contributed by atoms with Crippen LogP contribution in [0.2, 0.25) is 0 Å². The van der Waals surface area contributed by atoms with Crippen molar-refractivity contribution in [3.8, 4) is 0 Å². The van der Waals surface area contributed by atoms with E-state index in [4.69, 9.17) is 0 Å². The normalized spacial score (nSPS) is 10.4. The van der Waals surface area contributed by atoms with E-state index in [0.29, 0.717) is 26.4 Å². The number of amides is 1. The minimum Gasteiger partial charge on any atom is -0.330 e. The van der Waals surface area contributed by atoms with Gasteiger partial charge in [0.1, 0.15) is 5.82 Å². The SMILES string of the molecule is CC(=O)c1ccccc1NC(=O)CSc1nnc(Nc2cccc(F)c2)s1. The van der Waals surface area contributed by atoms with Crippen molar-refractivity contribution in [1.82, 2.24) is 10.2 Å². The highest BCUT2D eigenvalue weighted by Gasteiger charge is 2.12. The lowest BCUT2D eigenvalue weighted by Gasteiger charge is -2.08. The number of ketones is 1. The van der Waals surface area contributed by atoms with Crippen molar-refractivity contribution in [1.29, 1.82) is 0 Å². The molecule has 0 radical (unpaired) electrons. The van der Waals surface area contributed by atoms with Crippen LogP contribution in [0.1, 0.15) is 17.3 Å². The lowest BCUT2D eigenvalue weighted by atomic mass is 10.1. The van der Waals surface area contributed by atoms with E-state index in [0.717, 1.165) is 0 Å². The first-order valence-corrected chi connectivity index (χ1v) is 9.70. The molecule has 0 aliphatic carbocycles. The predicted molar refractivity (Wildman–Crippen MR) is 105 cm³/mol. The number of nitrogens with one attached hydrogen (secondary N) is 2. The summed E-state index contributed by atoms with van der Waals surface area (Å²) in [5.74, 6) is -0.582. The van der Waals surface area contributed by atoms with Gasteiger partial charge in [0.05, 0.1) is 11.4 Å². The van der Waals surface area contributed by atoms with Gasteiger partial charge in [0.15, 0.2) is 10.1 Å². The summed E-state index contributed by atoms with van der Waals surface area (Å²) in [4.78, 5) is 23.7. The summed E-state index contributed by atoms with van der Waals surface area (Å²) < 4.78 is 13.8. The molecule has 1 aromatic heterocycles. The number of anilines is 3. The third kappa shape index (κ3) is 5.35. The van der Waals surface area contributed by atoms with Crippen LogP contribution in [0, 0.1) is 5.82 Å². The Labute approximate surface area is 163 Å². The first-order chi connectivity index (χ1) is 13.0. The van der Waals surface area contributed by atoms with Crippen LogP contribution in [0.4, 0.5) is 20.9 Å². The maximum Gasteiger partial charge on any atom is 0.234 e. The second kappa shape index (κ2) is 8.74. The van der Waals surface area contributed by atoms with Crippen LogP contribution in [0.25, 0.3) is 0 Å². The van der Waals surface area contributed by atoms with Crippen molar-refractivity contribution in [3.05, 3.63) is 59.9 Å². The van der Waals surface area contributed by atoms with E-state index < -0.39 is 0 Å². The molecule has 9 heteroatoms. The molecule has 0 saturated heterocycles. The van der Waals surface area contributed by atoms with Crippen molar-refractivity contribution in [2.75, 3.05) is 16.4 Å². The predicted octanol–water partition coefficient (Wildman–Crippen LogP) is 4.35. The standard InChI is InChI=1S/C18H15FN4O2S2/c1-11(24)14-7-2-3-8-15(14)21-16(25)10-26-18-23-22-17(27-18)20-13-6-4-5-12(19)9-13/h2-9H,10H2,1H3,(H,20,22)(H,21,25). The zero-order valence-electron chi connectivity index (χ0n) is 14.2. The average Bonchev–Trinajstić information content (AvgIpc) is 3.08. The molecule has 0 spiro atoms. The number of carbonyl (C=O) groups is 2. The molecule has 0 saturated carbocycles. The van der Waals surface area contributed by atoms with Gasteiger partial charge in [0.2, 0.25) is 11.0 Å². The monoisotopic (exact) mass is 402 g/mol. The van der Waals surface area contributed by atoms with Crippen LogP contribution in [0.3, 0.4) is 0 Å². The van der Waals surface area contributed by atoms with E-state index in [1.165, 1.54) is 42.2 Å². The average molecular weight is 402 g/mol. The van der Waals surface area contributed by atoms with Gasteiger partial charge in [-0.3, -0.25) is 9.59 Å². The van der Waals surface area contributed by atoms with Crippen LogP contribution >= 0.6 is 23.1 Å². The topological polar surface area (TPSA) is 84.0 Å². The van der Waals surface area contributed by atoms with Crippen molar-refractivity contribution in [2.45, 2.75) is 11.3 Å². The number of benzene rings is 2. The molecule has 0 bridgehead atoms. The van der Waals surface area contributed by atoms with Crippen molar-refractivity contribution >= 4 is 51.3 Å². The second-order valence-electron chi connectivity index (χ2n) is 5.45. The number of hydrogen-bond donors (Lipinski definition) is 2. The van der Waals surface area contributed by atoms with Gasteiger partial charge in [-0.25, -0.2) is 4.39 Å². The quantitative estimate of drug-likeness (QED) is 0.451. The number of aromatic nitrogens is 2. The van der Waals surface area contributed by atoms with E-state index >= 15 is 0 Å². The molecule has 0 aliphatic rings. The van der Waals surface area contributed by atoms with E-state index in [9.17, 15) is 14.0 Å². The Bertz CT molecular complexity index is 977. The lowest BCUT2D eigenvalue weighted by molar-refractivity contribution is -0.113. The molecule has 3 aromatic rings. The Balaban J connectivity index is 1.55. The molecule has 6 nitrogen and oxygen atoms in total. The van der Waals surface area contributed by atoms with Gasteiger partial charge in [-0.05, 0) is 37.3 Å². The number of hydrogen-bond acceptors (Lipinski definition) is 7. The summed E-state index contributed by atoms with van der Waals surface area (Å²) in [5, 5.41) is 14.2. The largest absolute Gasteiger partial charge is 0.330 e. The first kappa shape index (κ1) is 19.0. The van der Waals surface area contributed by atoms with Gasteiger partial charge in [0, 0.05) is 11.3 Å². The highest BCUT2D eigenvalue weighted by molar-refractivity contribution is 8.01. The molecule has 2 N–H and O–H groups in total. The number of halogens is 1. The van der Waals surface area contributed by atoms with Gasteiger partial charge in [-0.15, -0.1) is 10.2 Å². The second-order valence-corrected chi connectivity index (χ2v) is 7.65. The molecule has 3 rings (SSSR count). The summed E-state index contributed by atoms with van der Waals surface area (Å²) in [6.45, 7) is 1.45. The minimum absolute atomic E-state index is 0.115. The fraction of sp³-hybridized carbons (Fsp3) is 0.111. The van der Waals surface area contributed by atoms with E-state index in [1.807, 2.05) is 0 Å². The number of para-hydroxylation sites is 1. The van der Waals surface area contributed by atoms with Crippen molar-refractivity contribution in [3.63, 3.8) is 0 Å². The Morgan fingerprint density at radius 1 is 1.15 bits per heavy atom. The van der Waals surface area contributed by atoms with Crippen LogP contribution in [0.5, 0.6) is 0 Å². The van der Waals surface area contributed by atoms with E-state index in [-0.39, 0.29) is 23.3 Å². The third-order valence-electron chi connectivity index (χ3n) is 3.39. The fourth-order valence-electron chi connectivity index (χ4n) is 2.22. The Morgan fingerprint density at radius 2 is 1.96 bits per heavy atom. The van der Waals surface area contributed by atoms with Gasteiger partial charge in [0.25, 0.3) is 0 Å². The van der Waals surface area contributed by atoms with Crippen LogP contribution in [-0.2, 0) is 4.79 Å². The molecule has 2 aromatic carbocycles. The maximum atomic E-state index is 13.2. The Kier molecular flexibility index (Phi) is 6.15. The van der Waals surface area contributed by atoms with Crippen LogP contribution < -0.4 is 10.6 Å². The van der Waals surface area contributed by atoms with Crippen molar-refractivity contribution in [2.24, 2.45) is 0 Å². The van der Waals surface area contributed by atoms with Gasteiger partial charge in [-0.1, -0.05) is 41.3 Å². The fourth-order valence-corrected chi connectivity index (χ4v) is 3.79. The Morgan fingerprint density at radius 3 is 2.74 bits per heavy atom. The van der Waals surface area contributed by atoms with E-state index in [2.05, 4.69) is 20.8 Å². The number of rotatable bonds is 7. The molecule has 0 atom stereocenters. The number of Topliss-reactive ketones (excluding diaryl/α,β-unsaturated/α-hetero) is 1. The highest BCUT2D eigenvalue weighted by Crippen LogP contribution is 2.28. The highest BCUT2D eigenvalue weighted by atomic mass is 32.2. The molecule has 138 valence electrons. The van der Waals surface area contributed by atoms with Gasteiger partial charge in [-0.2, -0.15) is 0 Å². The van der Waals surface area contributed by atoms with Crippen LogP contribution in [-0.4, -0.2) is 27.6 Å².